The first kappa shape index (κ1) is 15.2. The minimum absolute atomic E-state index is 0.322. The van der Waals surface area contributed by atoms with Gasteiger partial charge in [0, 0.05) is 17.9 Å². The van der Waals surface area contributed by atoms with E-state index >= 15 is 0 Å². The molecule has 4 nitrogen and oxygen atoms in total. The largest absolute Gasteiger partial charge is 0.399 e. The number of hydrogen-bond acceptors (Lipinski definition) is 3. The predicted molar refractivity (Wildman–Crippen MR) is 88.2 cm³/mol. The summed E-state index contributed by atoms with van der Waals surface area (Å²) in [7, 11) is 0. The van der Waals surface area contributed by atoms with Crippen LogP contribution in [0.1, 0.15) is 22.8 Å². The molecule has 2 aromatic rings. The highest BCUT2D eigenvalue weighted by molar-refractivity contribution is 6.34. The summed E-state index contributed by atoms with van der Waals surface area (Å²) in [6.07, 6.45) is 0. The minimum Gasteiger partial charge on any atom is -0.399 e. The van der Waals surface area contributed by atoms with E-state index in [1.54, 1.807) is 12.1 Å². The zero-order chi connectivity index (χ0) is 15.6. The number of nitrogens with zero attached hydrogens (tertiary/aromatic N) is 1. The van der Waals surface area contributed by atoms with Crippen LogP contribution >= 0.6 is 11.6 Å². The maximum atomic E-state index is 11.7. The average Bonchev–Trinajstić information content (AvgIpc) is 2.43. The molecule has 0 aliphatic rings. The van der Waals surface area contributed by atoms with Gasteiger partial charge < -0.3 is 16.4 Å². The van der Waals surface area contributed by atoms with E-state index in [1.165, 1.54) is 0 Å². The summed E-state index contributed by atoms with van der Waals surface area (Å²) in [6, 6.07) is 11.2. The number of anilines is 3. The van der Waals surface area contributed by atoms with Gasteiger partial charge >= 0.3 is 0 Å². The zero-order valence-corrected chi connectivity index (χ0v) is 12.8. The molecule has 0 spiro atoms. The van der Waals surface area contributed by atoms with Crippen LogP contribution in [0.5, 0.6) is 0 Å². The van der Waals surface area contributed by atoms with Gasteiger partial charge in [0.05, 0.1) is 16.3 Å². The molecule has 110 valence electrons. The van der Waals surface area contributed by atoms with Crippen LogP contribution in [0.25, 0.3) is 0 Å². The first-order chi connectivity index (χ1) is 9.93. The second-order valence-corrected chi connectivity index (χ2v) is 5.25. The Labute approximate surface area is 129 Å². The van der Waals surface area contributed by atoms with Crippen molar-refractivity contribution in [3.63, 3.8) is 0 Å². The summed E-state index contributed by atoms with van der Waals surface area (Å²) in [5.74, 6) is -0.551. The van der Waals surface area contributed by atoms with Crippen molar-refractivity contribution in [1.29, 1.82) is 0 Å². The molecule has 21 heavy (non-hydrogen) atoms. The maximum absolute atomic E-state index is 11.7. The smallest absolute Gasteiger partial charge is 0.250 e. The van der Waals surface area contributed by atoms with E-state index in [0.29, 0.717) is 28.5 Å². The average molecular weight is 304 g/mol. The lowest BCUT2D eigenvalue weighted by Gasteiger charge is -2.26. The Bertz CT molecular complexity index is 668. The monoisotopic (exact) mass is 303 g/mol. The molecule has 0 radical (unpaired) electrons. The Morgan fingerprint density at radius 1 is 1.24 bits per heavy atom. The molecule has 0 aromatic heterocycles. The molecule has 2 rings (SSSR count). The molecule has 0 aliphatic heterocycles. The number of primary amides is 1. The summed E-state index contributed by atoms with van der Waals surface area (Å²) in [5, 5.41) is 0.409. The van der Waals surface area contributed by atoms with E-state index in [-0.39, 0.29) is 0 Å². The number of nitrogens with two attached hydrogens (primary N) is 2. The molecule has 0 saturated carbocycles. The topological polar surface area (TPSA) is 72.3 Å². The van der Waals surface area contributed by atoms with Crippen molar-refractivity contribution in [3.05, 3.63) is 52.5 Å². The van der Waals surface area contributed by atoms with Crippen molar-refractivity contribution >= 4 is 34.6 Å². The second kappa shape index (κ2) is 6.06. The van der Waals surface area contributed by atoms with Crippen molar-refractivity contribution in [3.8, 4) is 0 Å². The van der Waals surface area contributed by atoms with E-state index < -0.39 is 5.91 Å². The molecule has 0 unspecified atom stereocenters. The lowest BCUT2D eigenvalue weighted by Crippen LogP contribution is -2.22. The van der Waals surface area contributed by atoms with E-state index in [2.05, 4.69) is 0 Å². The van der Waals surface area contributed by atoms with Crippen LogP contribution in [0.2, 0.25) is 5.02 Å². The normalized spacial score (nSPS) is 10.4. The predicted octanol–water partition coefficient (Wildman–Crippen LogP) is 3.49. The quantitative estimate of drug-likeness (QED) is 0.849. The fourth-order valence-corrected chi connectivity index (χ4v) is 2.61. The minimum atomic E-state index is -0.551. The van der Waals surface area contributed by atoms with Gasteiger partial charge in [0.15, 0.2) is 0 Å². The number of hydrogen-bond donors (Lipinski definition) is 2. The van der Waals surface area contributed by atoms with Crippen molar-refractivity contribution in [2.75, 3.05) is 17.2 Å². The van der Waals surface area contributed by atoms with E-state index in [1.807, 2.05) is 43.0 Å². The van der Waals surface area contributed by atoms with Crippen LogP contribution in [0.15, 0.2) is 36.4 Å². The molecule has 5 heteroatoms. The molecule has 0 aliphatic carbocycles. The lowest BCUT2D eigenvalue weighted by molar-refractivity contribution is 0.100. The first-order valence-electron chi connectivity index (χ1n) is 6.67. The van der Waals surface area contributed by atoms with Gasteiger partial charge in [-0.05, 0) is 38.1 Å². The standard InChI is InChI=1S/C16H18ClN3O/c1-3-20(12-6-4-10(2)5-7-12)15-13(16(19)21)8-11(18)9-14(15)17/h4-9H,3,18H2,1-2H3,(H2,19,21). The fourth-order valence-electron chi connectivity index (χ4n) is 2.28. The molecule has 0 saturated heterocycles. The molecule has 1 amide bonds. The third-order valence-corrected chi connectivity index (χ3v) is 3.57. The van der Waals surface area contributed by atoms with Crippen LogP contribution in [0.4, 0.5) is 17.1 Å². The van der Waals surface area contributed by atoms with Crippen LogP contribution in [0, 0.1) is 6.92 Å². The molecule has 0 fully saturated rings. The van der Waals surface area contributed by atoms with Crippen LogP contribution in [-0.2, 0) is 0 Å². The number of carbonyl (C=O) groups is 1. The summed E-state index contributed by atoms with van der Waals surface area (Å²) in [6.45, 7) is 4.65. The van der Waals surface area contributed by atoms with Crippen molar-refractivity contribution in [2.45, 2.75) is 13.8 Å². The third-order valence-electron chi connectivity index (χ3n) is 3.28. The Hall–Kier alpha value is -2.20. The number of rotatable bonds is 4. The highest BCUT2D eigenvalue weighted by Gasteiger charge is 2.19. The molecule has 2 aromatic carbocycles. The molecule has 0 heterocycles. The van der Waals surface area contributed by atoms with Crippen molar-refractivity contribution < 1.29 is 4.79 Å². The van der Waals surface area contributed by atoms with Gasteiger partial charge in [-0.1, -0.05) is 29.3 Å². The molecular weight excluding hydrogens is 286 g/mol. The number of nitrogen functional groups attached to an aromatic ring is 1. The van der Waals surface area contributed by atoms with Gasteiger partial charge in [-0.3, -0.25) is 4.79 Å². The van der Waals surface area contributed by atoms with Gasteiger partial charge in [0.2, 0.25) is 0 Å². The summed E-state index contributed by atoms with van der Waals surface area (Å²) in [5.41, 5.74) is 14.6. The van der Waals surface area contributed by atoms with Crippen LogP contribution in [-0.4, -0.2) is 12.5 Å². The maximum Gasteiger partial charge on any atom is 0.250 e. The van der Waals surface area contributed by atoms with Gasteiger partial charge in [-0.15, -0.1) is 0 Å². The molecule has 0 bridgehead atoms. The third kappa shape index (κ3) is 3.11. The fraction of sp³-hybridized carbons (Fsp3) is 0.188. The highest BCUT2D eigenvalue weighted by atomic mass is 35.5. The second-order valence-electron chi connectivity index (χ2n) is 4.84. The number of benzene rings is 2. The Morgan fingerprint density at radius 2 is 1.86 bits per heavy atom. The van der Waals surface area contributed by atoms with Gasteiger partial charge in [-0.2, -0.15) is 0 Å². The summed E-state index contributed by atoms with van der Waals surface area (Å²) >= 11 is 6.30. The van der Waals surface area contributed by atoms with Crippen molar-refractivity contribution in [2.24, 2.45) is 5.73 Å². The number of aryl methyl sites for hydroxylation is 1. The number of amides is 1. The first-order valence-corrected chi connectivity index (χ1v) is 7.05. The van der Waals surface area contributed by atoms with Gasteiger partial charge in [0.1, 0.15) is 0 Å². The van der Waals surface area contributed by atoms with Crippen molar-refractivity contribution in [1.82, 2.24) is 0 Å². The van der Waals surface area contributed by atoms with Gasteiger partial charge in [0.25, 0.3) is 5.91 Å². The Kier molecular flexibility index (Phi) is 4.38. The summed E-state index contributed by atoms with van der Waals surface area (Å²) < 4.78 is 0. The zero-order valence-electron chi connectivity index (χ0n) is 12.1. The van der Waals surface area contributed by atoms with Gasteiger partial charge in [-0.25, -0.2) is 0 Å². The Morgan fingerprint density at radius 3 is 2.38 bits per heavy atom. The van der Waals surface area contributed by atoms with Crippen LogP contribution in [0.3, 0.4) is 0 Å². The summed E-state index contributed by atoms with van der Waals surface area (Å²) in [4.78, 5) is 13.7. The highest BCUT2D eigenvalue weighted by Crippen LogP contribution is 2.36. The van der Waals surface area contributed by atoms with E-state index in [0.717, 1.165) is 11.3 Å². The number of halogens is 1. The Balaban J connectivity index is 2.62. The molecular formula is C16H18ClN3O. The SMILES string of the molecule is CCN(c1ccc(C)cc1)c1c(Cl)cc(N)cc1C(N)=O. The lowest BCUT2D eigenvalue weighted by atomic mass is 10.1. The molecule has 0 atom stereocenters. The van der Waals surface area contributed by atoms with E-state index in [9.17, 15) is 4.79 Å². The van der Waals surface area contributed by atoms with Crippen LogP contribution < -0.4 is 16.4 Å². The molecule has 4 N–H and O–H groups in total. The van der Waals surface area contributed by atoms with E-state index in [4.69, 9.17) is 23.1 Å². The number of carbonyl (C=O) groups excluding carboxylic acids is 1.